The first-order chi connectivity index (χ1) is 9.92. The third kappa shape index (κ3) is 4.98. The van der Waals surface area contributed by atoms with Crippen molar-refractivity contribution in [2.24, 2.45) is 0 Å². The van der Waals surface area contributed by atoms with E-state index in [1.807, 2.05) is 13.8 Å². The smallest absolute Gasteiger partial charge is 0.239 e. The first kappa shape index (κ1) is 18.4. The third-order valence-corrected chi connectivity index (χ3v) is 5.46. The van der Waals surface area contributed by atoms with E-state index < -0.39 is 32.1 Å². The Bertz CT molecular complexity index is 649. The van der Waals surface area contributed by atoms with E-state index in [2.05, 4.69) is 10.6 Å². The van der Waals surface area contributed by atoms with Gasteiger partial charge in [0.1, 0.15) is 11.6 Å². The number of nitrogens with one attached hydrogen (secondary N) is 2. The lowest BCUT2D eigenvalue weighted by Gasteiger charge is -2.19. The van der Waals surface area contributed by atoms with E-state index in [-0.39, 0.29) is 6.04 Å². The number of hydrogen-bond donors (Lipinski definition) is 2. The van der Waals surface area contributed by atoms with Gasteiger partial charge in [-0.3, -0.25) is 4.79 Å². The van der Waals surface area contributed by atoms with Crippen molar-refractivity contribution in [3.63, 3.8) is 0 Å². The van der Waals surface area contributed by atoms with Crippen LogP contribution in [0.4, 0.5) is 15.8 Å². The second-order valence-electron chi connectivity index (χ2n) is 6.41. The lowest BCUT2D eigenvalue weighted by atomic mass is 10.2. The van der Waals surface area contributed by atoms with Crippen LogP contribution >= 0.6 is 0 Å². The molecule has 0 fully saturated rings. The Balaban J connectivity index is 2.94. The highest BCUT2D eigenvalue weighted by Gasteiger charge is 2.31. The largest absolute Gasteiger partial charge is 0.381 e. The highest BCUT2D eigenvalue weighted by atomic mass is 32.2. The number of carbonyl (C=O) groups is 1. The molecule has 0 aliphatic carbocycles. The maximum atomic E-state index is 13.3. The van der Waals surface area contributed by atoms with Gasteiger partial charge in [-0.2, -0.15) is 0 Å². The van der Waals surface area contributed by atoms with Crippen LogP contribution < -0.4 is 10.6 Å². The maximum Gasteiger partial charge on any atom is 0.239 e. The normalized spacial score (nSPS) is 12.3. The summed E-state index contributed by atoms with van der Waals surface area (Å²) in [5, 5.41) is 5.53. The van der Waals surface area contributed by atoms with Crippen LogP contribution in [0.1, 0.15) is 34.6 Å². The van der Waals surface area contributed by atoms with Crippen LogP contribution in [-0.2, 0) is 14.6 Å². The molecule has 1 amide bonds. The fourth-order valence-corrected chi connectivity index (χ4v) is 2.48. The van der Waals surface area contributed by atoms with Crippen molar-refractivity contribution in [3.8, 4) is 0 Å². The van der Waals surface area contributed by atoms with Gasteiger partial charge in [0.25, 0.3) is 0 Å². The Kier molecular flexibility index (Phi) is 5.56. The minimum absolute atomic E-state index is 0.0377. The molecule has 7 heteroatoms. The molecule has 1 aromatic rings. The van der Waals surface area contributed by atoms with Gasteiger partial charge in [-0.15, -0.1) is 0 Å². The number of anilines is 2. The van der Waals surface area contributed by atoms with Crippen molar-refractivity contribution < 1.29 is 17.6 Å². The zero-order valence-corrected chi connectivity index (χ0v) is 14.3. The Morgan fingerprint density at radius 2 is 1.82 bits per heavy atom. The van der Waals surface area contributed by atoms with E-state index in [1.54, 1.807) is 20.8 Å². The highest BCUT2D eigenvalue weighted by Crippen LogP contribution is 2.24. The van der Waals surface area contributed by atoms with Crippen LogP contribution in [0.25, 0.3) is 0 Å². The Morgan fingerprint density at radius 1 is 1.23 bits per heavy atom. The maximum absolute atomic E-state index is 13.3. The minimum atomic E-state index is -3.57. The fourth-order valence-electron chi connectivity index (χ4n) is 1.63. The molecule has 0 spiro atoms. The van der Waals surface area contributed by atoms with Crippen molar-refractivity contribution in [1.29, 1.82) is 0 Å². The summed E-state index contributed by atoms with van der Waals surface area (Å²) < 4.78 is 36.4. The molecule has 0 aliphatic rings. The van der Waals surface area contributed by atoms with Crippen molar-refractivity contribution in [2.45, 2.75) is 45.4 Å². The quantitative estimate of drug-likeness (QED) is 0.870. The standard InChI is InChI=1S/C15H23FN2O3S/c1-10(2)17-13-8-11(16)6-7-12(13)18-14(19)9-22(20,21)15(3,4)5/h6-8,10,17H,9H2,1-5H3,(H,18,19). The second-order valence-corrected chi connectivity index (χ2v) is 9.15. The number of carbonyl (C=O) groups excluding carboxylic acids is 1. The van der Waals surface area contributed by atoms with Gasteiger partial charge in [0.15, 0.2) is 9.84 Å². The van der Waals surface area contributed by atoms with Crippen molar-refractivity contribution in [2.75, 3.05) is 16.4 Å². The first-order valence-corrected chi connectivity index (χ1v) is 8.66. The van der Waals surface area contributed by atoms with E-state index in [0.29, 0.717) is 11.4 Å². The zero-order valence-electron chi connectivity index (χ0n) is 13.5. The molecule has 0 bridgehead atoms. The van der Waals surface area contributed by atoms with Gasteiger partial charge >= 0.3 is 0 Å². The molecule has 1 aromatic carbocycles. The molecule has 2 N–H and O–H groups in total. The summed E-state index contributed by atoms with van der Waals surface area (Å²) in [5.74, 6) is -1.70. The lowest BCUT2D eigenvalue weighted by Crippen LogP contribution is -2.35. The average Bonchev–Trinajstić information content (AvgIpc) is 2.29. The van der Waals surface area contributed by atoms with E-state index in [1.165, 1.54) is 18.2 Å². The SMILES string of the molecule is CC(C)Nc1cc(F)ccc1NC(=O)CS(=O)(=O)C(C)(C)C. The number of benzene rings is 1. The Labute approximate surface area is 131 Å². The molecule has 0 unspecified atom stereocenters. The van der Waals surface area contributed by atoms with Gasteiger partial charge in [-0.25, -0.2) is 12.8 Å². The molecule has 5 nitrogen and oxygen atoms in total. The summed E-state index contributed by atoms with van der Waals surface area (Å²) in [6.07, 6.45) is 0. The molecule has 0 atom stereocenters. The molecule has 0 saturated carbocycles. The Hall–Kier alpha value is -1.63. The first-order valence-electron chi connectivity index (χ1n) is 7.00. The van der Waals surface area contributed by atoms with Crippen LogP contribution in [-0.4, -0.2) is 30.9 Å². The predicted molar refractivity (Wildman–Crippen MR) is 87.3 cm³/mol. The van der Waals surface area contributed by atoms with E-state index in [0.717, 1.165) is 0 Å². The average molecular weight is 330 g/mol. The van der Waals surface area contributed by atoms with E-state index in [9.17, 15) is 17.6 Å². The molecule has 0 heterocycles. The predicted octanol–water partition coefficient (Wildman–Crippen LogP) is 2.80. The number of amides is 1. The third-order valence-electron chi connectivity index (χ3n) is 2.95. The van der Waals surface area contributed by atoms with E-state index in [4.69, 9.17) is 0 Å². The fraction of sp³-hybridized carbons (Fsp3) is 0.533. The molecule has 0 radical (unpaired) electrons. The van der Waals surface area contributed by atoms with Crippen molar-refractivity contribution >= 4 is 27.1 Å². The van der Waals surface area contributed by atoms with Gasteiger partial charge in [0, 0.05) is 6.04 Å². The van der Waals surface area contributed by atoms with Gasteiger partial charge in [0.05, 0.1) is 16.1 Å². The molecule has 0 aliphatic heterocycles. The van der Waals surface area contributed by atoms with Crippen LogP contribution in [0.5, 0.6) is 0 Å². The summed E-state index contributed by atoms with van der Waals surface area (Å²) in [4.78, 5) is 12.0. The Morgan fingerprint density at radius 3 is 2.32 bits per heavy atom. The second kappa shape index (κ2) is 6.64. The van der Waals surface area contributed by atoms with Gasteiger partial charge in [0.2, 0.25) is 5.91 Å². The lowest BCUT2D eigenvalue weighted by molar-refractivity contribution is -0.113. The topological polar surface area (TPSA) is 75.3 Å². The molecule has 0 saturated heterocycles. The summed E-state index contributed by atoms with van der Waals surface area (Å²) >= 11 is 0. The molecule has 1 rings (SSSR count). The van der Waals surface area contributed by atoms with Gasteiger partial charge in [-0.05, 0) is 52.8 Å². The number of halogens is 1. The highest BCUT2D eigenvalue weighted by molar-refractivity contribution is 7.93. The molecule has 124 valence electrons. The molecule has 0 aromatic heterocycles. The molecular formula is C15H23FN2O3S. The van der Waals surface area contributed by atoms with Crippen LogP contribution in [0.3, 0.4) is 0 Å². The van der Waals surface area contributed by atoms with Gasteiger partial charge in [-0.1, -0.05) is 0 Å². The molecule has 22 heavy (non-hydrogen) atoms. The monoisotopic (exact) mass is 330 g/mol. The zero-order chi connectivity index (χ0) is 17.1. The number of sulfone groups is 1. The summed E-state index contributed by atoms with van der Waals surface area (Å²) in [6.45, 7) is 8.37. The summed E-state index contributed by atoms with van der Waals surface area (Å²) in [5.41, 5.74) is 0.765. The minimum Gasteiger partial charge on any atom is -0.381 e. The molecular weight excluding hydrogens is 307 g/mol. The van der Waals surface area contributed by atoms with Crippen LogP contribution in [0.15, 0.2) is 18.2 Å². The number of rotatable bonds is 5. The summed E-state index contributed by atoms with van der Waals surface area (Å²) in [7, 11) is -3.57. The van der Waals surface area contributed by atoms with Crippen molar-refractivity contribution in [3.05, 3.63) is 24.0 Å². The van der Waals surface area contributed by atoms with E-state index >= 15 is 0 Å². The van der Waals surface area contributed by atoms with Crippen LogP contribution in [0, 0.1) is 5.82 Å². The van der Waals surface area contributed by atoms with Crippen LogP contribution in [0.2, 0.25) is 0 Å². The number of hydrogen-bond acceptors (Lipinski definition) is 4. The summed E-state index contributed by atoms with van der Waals surface area (Å²) in [6, 6.07) is 3.91. The van der Waals surface area contributed by atoms with Gasteiger partial charge < -0.3 is 10.6 Å². The van der Waals surface area contributed by atoms with Crippen molar-refractivity contribution in [1.82, 2.24) is 0 Å².